The van der Waals surface area contributed by atoms with Crippen molar-refractivity contribution in [3.63, 3.8) is 0 Å². The molecule has 35 heavy (non-hydrogen) atoms. The van der Waals surface area contributed by atoms with Crippen LogP contribution in [0, 0.1) is 18.8 Å². The zero-order valence-corrected chi connectivity index (χ0v) is 19.8. The lowest BCUT2D eigenvalue weighted by Gasteiger charge is -2.35. The van der Waals surface area contributed by atoms with E-state index in [1.165, 1.54) is 11.3 Å². The number of rotatable bonds is 6. The van der Waals surface area contributed by atoms with E-state index in [-0.39, 0.29) is 17.8 Å². The van der Waals surface area contributed by atoms with Crippen molar-refractivity contribution in [2.24, 2.45) is 11.8 Å². The van der Waals surface area contributed by atoms with Gasteiger partial charge in [0.05, 0.1) is 16.5 Å². The maximum Gasteiger partial charge on any atom is 0.433 e. The summed E-state index contributed by atoms with van der Waals surface area (Å²) in [6, 6.07) is 4.11. The highest BCUT2D eigenvalue weighted by Crippen LogP contribution is 2.43. The van der Waals surface area contributed by atoms with Crippen LogP contribution in [0.3, 0.4) is 0 Å². The van der Waals surface area contributed by atoms with Gasteiger partial charge in [0.15, 0.2) is 0 Å². The number of alkyl halides is 3. The number of aliphatic carboxylic acids is 1. The summed E-state index contributed by atoms with van der Waals surface area (Å²) in [6.07, 6.45) is 0.264. The molecule has 1 atom stereocenters. The number of halogens is 3. The van der Waals surface area contributed by atoms with Crippen LogP contribution in [0.15, 0.2) is 30.6 Å². The highest BCUT2D eigenvalue weighted by molar-refractivity contribution is 7.15. The van der Waals surface area contributed by atoms with Crippen LogP contribution in [0.1, 0.15) is 49.0 Å². The molecule has 12 heteroatoms. The number of carboxylic acid groups (broad SMARTS) is 1. The largest absolute Gasteiger partial charge is 0.481 e. The van der Waals surface area contributed by atoms with Crippen molar-refractivity contribution in [2.45, 2.75) is 51.3 Å². The topological polar surface area (TPSA) is 121 Å². The molecular formula is C23H24F3N5O3S. The average molecular weight is 508 g/mol. The molecule has 0 bridgehead atoms. The number of aryl methyl sites for hydroxylation is 1. The predicted molar refractivity (Wildman–Crippen MR) is 123 cm³/mol. The summed E-state index contributed by atoms with van der Waals surface area (Å²) in [7, 11) is 0. The Kier molecular flexibility index (Phi) is 6.78. The predicted octanol–water partition coefficient (Wildman–Crippen LogP) is 5.16. The lowest BCUT2D eigenvalue weighted by Crippen LogP contribution is -2.35. The summed E-state index contributed by atoms with van der Waals surface area (Å²) in [6.45, 7) is 3.45. The first-order valence-electron chi connectivity index (χ1n) is 11.0. The van der Waals surface area contributed by atoms with E-state index in [0.29, 0.717) is 52.6 Å². The van der Waals surface area contributed by atoms with Crippen molar-refractivity contribution in [3.05, 3.63) is 47.0 Å². The van der Waals surface area contributed by atoms with Gasteiger partial charge >= 0.3 is 12.1 Å². The monoisotopic (exact) mass is 507 g/mol. The first-order chi connectivity index (χ1) is 16.4. The van der Waals surface area contributed by atoms with Gasteiger partial charge < -0.3 is 15.5 Å². The van der Waals surface area contributed by atoms with E-state index < -0.39 is 23.4 Å². The Bertz CT molecular complexity index is 1220. The standard InChI is InChI=1S/C23H24F3N5O3S/c1-12-9-15(30-21-27-8-7-18(31-21)23(24,25)26)10-16(29-12)17-11-28-20(35-17)22(2,34)14-5-3-13(4-6-14)19(32)33/h7-11,13-14,34H,3-6H2,1-2H3,(H,32,33)(H,27,29,30,31)/t13?,14?,22-/m0/s1. The second kappa shape index (κ2) is 9.50. The van der Waals surface area contributed by atoms with Gasteiger partial charge in [0.25, 0.3) is 0 Å². The number of hydrogen-bond acceptors (Lipinski definition) is 8. The number of aromatic nitrogens is 4. The van der Waals surface area contributed by atoms with E-state index in [2.05, 4.69) is 25.3 Å². The van der Waals surface area contributed by atoms with Crippen molar-refractivity contribution >= 4 is 28.9 Å². The fraction of sp³-hybridized carbons (Fsp3) is 0.435. The molecule has 8 nitrogen and oxygen atoms in total. The molecule has 186 valence electrons. The summed E-state index contributed by atoms with van der Waals surface area (Å²) in [5.41, 5.74) is -0.657. The van der Waals surface area contributed by atoms with Gasteiger partial charge in [-0.15, -0.1) is 11.3 Å². The summed E-state index contributed by atoms with van der Waals surface area (Å²) in [4.78, 5) is 28.2. The minimum atomic E-state index is -4.58. The molecule has 3 N–H and O–H groups in total. The van der Waals surface area contributed by atoms with Crippen molar-refractivity contribution in [3.8, 4) is 10.6 Å². The van der Waals surface area contributed by atoms with Crippen LogP contribution in [0.5, 0.6) is 0 Å². The minimum Gasteiger partial charge on any atom is -0.481 e. The van der Waals surface area contributed by atoms with Crippen LogP contribution in [0.25, 0.3) is 10.6 Å². The van der Waals surface area contributed by atoms with Crippen LogP contribution in [0.2, 0.25) is 0 Å². The number of aliphatic hydroxyl groups is 1. The van der Waals surface area contributed by atoms with E-state index in [1.54, 1.807) is 32.2 Å². The van der Waals surface area contributed by atoms with E-state index in [4.69, 9.17) is 0 Å². The van der Waals surface area contributed by atoms with Crippen LogP contribution in [0.4, 0.5) is 24.8 Å². The van der Waals surface area contributed by atoms with Crippen LogP contribution >= 0.6 is 11.3 Å². The van der Waals surface area contributed by atoms with Gasteiger partial charge in [-0.25, -0.2) is 15.0 Å². The third-order valence-corrected chi connectivity index (χ3v) is 7.46. The zero-order chi connectivity index (χ0) is 25.4. The normalized spacial score (nSPS) is 20.3. The van der Waals surface area contributed by atoms with Gasteiger partial charge in [-0.3, -0.25) is 9.78 Å². The SMILES string of the molecule is Cc1cc(Nc2nccc(C(F)(F)F)n2)cc(-c2cnc([C@@](C)(O)C3CCC(C(=O)O)CC3)s2)n1. The lowest BCUT2D eigenvalue weighted by molar-refractivity contribution is -0.144. The van der Waals surface area contributed by atoms with E-state index in [1.807, 2.05) is 0 Å². The number of thiazole rings is 1. The zero-order valence-electron chi connectivity index (χ0n) is 19.0. The molecule has 1 aliphatic rings. The molecule has 0 radical (unpaired) electrons. The van der Waals surface area contributed by atoms with Gasteiger partial charge in [-0.2, -0.15) is 13.2 Å². The van der Waals surface area contributed by atoms with E-state index >= 15 is 0 Å². The van der Waals surface area contributed by atoms with Crippen molar-refractivity contribution in [2.75, 3.05) is 5.32 Å². The molecular weight excluding hydrogens is 483 g/mol. The second-order valence-corrected chi connectivity index (χ2v) is 9.87. The van der Waals surface area contributed by atoms with Crippen molar-refractivity contribution < 1.29 is 28.2 Å². The molecule has 1 saturated carbocycles. The number of carboxylic acids is 1. The molecule has 1 fully saturated rings. The molecule has 1 aliphatic carbocycles. The lowest BCUT2D eigenvalue weighted by atomic mass is 9.74. The Balaban J connectivity index is 1.54. The van der Waals surface area contributed by atoms with Gasteiger partial charge in [-0.05, 0) is 63.6 Å². The number of hydrogen-bond donors (Lipinski definition) is 3. The first-order valence-corrected chi connectivity index (χ1v) is 11.8. The Labute approximate surface area is 203 Å². The Morgan fingerprint density at radius 2 is 1.86 bits per heavy atom. The molecule has 0 amide bonds. The van der Waals surface area contributed by atoms with E-state index in [9.17, 15) is 28.2 Å². The molecule has 3 aromatic heterocycles. The molecule has 4 rings (SSSR count). The highest BCUT2D eigenvalue weighted by atomic mass is 32.1. The fourth-order valence-electron chi connectivity index (χ4n) is 4.28. The summed E-state index contributed by atoms with van der Waals surface area (Å²) in [5.74, 6) is -1.48. The fourth-order valence-corrected chi connectivity index (χ4v) is 5.28. The Morgan fingerprint density at radius 1 is 1.14 bits per heavy atom. The third kappa shape index (κ3) is 5.59. The Hall–Kier alpha value is -3.12. The minimum absolute atomic E-state index is 0.113. The van der Waals surface area contributed by atoms with Crippen LogP contribution in [-0.4, -0.2) is 36.1 Å². The third-order valence-electron chi connectivity index (χ3n) is 6.22. The van der Waals surface area contributed by atoms with E-state index in [0.717, 1.165) is 12.3 Å². The number of carbonyl (C=O) groups is 1. The number of nitrogens with one attached hydrogen (secondary N) is 1. The summed E-state index contributed by atoms with van der Waals surface area (Å²) >= 11 is 1.28. The number of pyridine rings is 1. The molecule has 3 aromatic rings. The summed E-state index contributed by atoms with van der Waals surface area (Å²) in [5, 5.41) is 23.8. The van der Waals surface area contributed by atoms with Gasteiger partial charge in [0, 0.05) is 23.8 Å². The Morgan fingerprint density at radius 3 is 2.51 bits per heavy atom. The molecule has 0 saturated heterocycles. The van der Waals surface area contributed by atoms with Gasteiger partial charge in [-0.1, -0.05) is 0 Å². The molecule has 0 unspecified atom stereocenters. The number of anilines is 2. The quantitative estimate of drug-likeness (QED) is 0.418. The average Bonchev–Trinajstić information content (AvgIpc) is 3.30. The highest BCUT2D eigenvalue weighted by Gasteiger charge is 2.40. The van der Waals surface area contributed by atoms with Crippen LogP contribution < -0.4 is 5.32 Å². The van der Waals surface area contributed by atoms with Crippen molar-refractivity contribution in [1.29, 1.82) is 0 Å². The van der Waals surface area contributed by atoms with Crippen molar-refractivity contribution in [1.82, 2.24) is 19.9 Å². The molecule has 0 aromatic carbocycles. The second-order valence-electron chi connectivity index (χ2n) is 8.83. The maximum atomic E-state index is 13.0. The van der Waals surface area contributed by atoms with Gasteiger partial charge in [0.1, 0.15) is 16.3 Å². The molecule has 3 heterocycles. The molecule has 0 spiro atoms. The first kappa shape index (κ1) is 25.0. The number of nitrogens with zero attached hydrogens (tertiary/aromatic N) is 4. The van der Waals surface area contributed by atoms with Crippen LogP contribution in [-0.2, 0) is 16.6 Å². The van der Waals surface area contributed by atoms with Gasteiger partial charge in [0.2, 0.25) is 5.95 Å². The summed E-state index contributed by atoms with van der Waals surface area (Å²) < 4.78 is 38.9. The molecule has 0 aliphatic heterocycles. The maximum absolute atomic E-state index is 13.0. The smallest absolute Gasteiger partial charge is 0.433 e.